The molecule has 1 aromatic carbocycles. The van der Waals surface area contributed by atoms with Crippen LogP contribution in [0.5, 0.6) is 5.75 Å². The average Bonchev–Trinajstić information content (AvgIpc) is 2.36. The third-order valence-electron chi connectivity index (χ3n) is 2.97. The molecule has 1 rings (SSSR count). The molecule has 1 aromatic rings. The van der Waals surface area contributed by atoms with Gasteiger partial charge in [0.15, 0.2) is 0 Å². The van der Waals surface area contributed by atoms with Crippen molar-refractivity contribution in [2.24, 2.45) is 11.7 Å². The Morgan fingerprint density at radius 1 is 1.42 bits per heavy atom. The van der Waals surface area contributed by atoms with Crippen LogP contribution in [-0.2, 0) is 0 Å². The van der Waals surface area contributed by atoms with E-state index in [1.54, 1.807) is 30.0 Å². The summed E-state index contributed by atoms with van der Waals surface area (Å²) in [6.07, 6.45) is 0.769. The smallest absolute Gasteiger partial charge is 0.257 e. The van der Waals surface area contributed by atoms with E-state index in [1.165, 1.54) is 0 Å². The molecule has 19 heavy (non-hydrogen) atoms. The van der Waals surface area contributed by atoms with Crippen molar-refractivity contribution in [2.45, 2.75) is 27.2 Å². The van der Waals surface area contributed by atoms with Crippen molar-refractivity contribution in [2.75, 3.05) is 19.6 Å². The number of phenols is 1. The number of hydrogen-bond acceptors (Lipinski definition) is 3. The third-order valence-corrected chi connectivity index (χ3v) is 2.97. The van der Waals surface area contributed by atoms with E-state index >= 15 is 0 Å². The summed E-state index contributed by atoms with van der Waals surface area (Å²) in [4.78, 5) is 14.3. The SMILES string of the molecule is Cc1cccc(C(=O)N(CCCN)CC(C)C)c1O. The van der Waals surface area contributed by atoms with Crippen molar-refractivity contribution in [1.82, 2.24) is 4.90 Å². The minimum Gasteiger partial charge on any atom is -0.507 e. The molecule has 0 bridgehead atoms. The Morgan fingerprint density at radius 3 is 2.68 bits per heavy atom. The van der Waals surface area contributed by atoms with Crippen LogP contribution < -0.4 is 5.73 Å². The topological polar surface area (TPSA) is 66.6 Å². The molecule has 0 aromatic heterocycles. The fourth-order valence-electron chi connectivity index (χ4n) is 2.00. The van der Waals surface area contributed by atoms with Gasteiger partial charge in [-0.1, -0.05) is 26.0 Å². The molecule has 0 aliphatic heterocycles. The molecule has 0 spiro atoms. The minimum atomic E-state index is -0.122. The van der Waals surface area contributed by atoms with Gasteiger partial charge in [-0.3, -0.25) is 4.79 Å². The van der Waals surface area contributed by atoms with E-state index in [4.69, 9.17) is 5.73 Å². The molecule has 0 unspecified atom stereocenters. The molecule has 0 radical (unpaired) electrons. The van der Waals surface area contributed by atoms with Crippen LogP contribution in [0.15, 0.2) is 18.2 Å². The van der Waals surface area contributed by atoms with E-state index in [1.807, 2.05) is 0 Å². The standard InChI is InChI=1S/C15H24N2O2/c1-11(2)10-17(9-5-8-16)15(19)13-7-4-6-12(3)14(13)18/h4,6-7,11,18H,5,8-10,16H2,1-3H3. The molecular weight excluding hydrogens is 240 g/mol. The fraction of sp³-hybridized carbons (Fsp3) is 0.533. The maximum Gasteiger partial charge on any atom is 0.257 e. The predicted octanol–water partition coefficient (Wildman–Crippen LogP) is 2.15. The maximum atomic E-state index is 12.5. The van der Waals surface area contributed by atoms with Gasteiger partial charge in [-0.15, -0.1) is 0 Å². The lowest BCUT2D eigenvalue weighted by Crippen LogP contribution is -2.36. The number of hydrogen-bond donors (Lipinski definition) is 2. The summed E-state index contributed by atoms with van der Waals surface area (Å²) in [7, 11) is 0. The van der Waals surface area contributed by atoms with Crippen molar-refractivity contribution in [1.29, 1.82) is 0 Å². The molecule has 0 heterocycles. The van der Waals surface area contributed by atoms with Crippen LogP contribution in [0.3, 0.4) is 0 Å². The Kier molecular flexibility index (Phi) is 5.83. The number of carbonyl (C=O) groups is 1. The minimum absolute atomic E-state index is 0.0778. The van der Waals surface area contributed by atoms with Gasteiger partial charge < -0.3 is 15.7 Å². The van der Waals surface area contributed by atoms with Crippen molar-refractivity contribution in [3.05, 3.63) is 29.3 Å². The molecule has 1 amide bonds. The van der Waals surface area contributed by atoms with Crippen LogP contribution in [-0.4, -0.2) is 35.5 Å². The number of aromatic hydroxyl groups is 1. The molecule has 0 saturated carbocycles. The summed E-state index contributed by atoms with van der Waals surface area (Å²) in [5, 5.41) is 10.0. The van der Waals surface area contributed by atoms with Crippen LogP contribution >= 0.6 is 0 Å². The number of nitrogens with zero attached hydrogens (tertiary/aromatic N) is 1. The molecule has 106 valence electrons. The van der Waals surface area contributed by atoms with E-state index < -0.39 is 0 Å². The fourth-order valence-corrected chi connectivity index (χ4v) is 2.00. The second-order valence-electron chi connectivity index (χ2n) is 5.26. The normalized spacial score (nSPS) is 10.8. The number of phenolic OH excluding ortho intramolecular Hbond substituents is 1. The van der Waals surface area contributed by atoms with E-state index in [9.17, 15) is 9.90 Å². The molecule has 0 saturated heterocycles. The Bertz CT molecular complexity index is 430. The molecule has 0 fully saturated rings. The number of benzene rings is 1. The zero-order chi connectivity index (χ0) is 14.4. The lowest BCUT2D eigenvalue weighted by atomic mass is 10.1. The highest BCUT2D eigenvalue weighted by atomic mass is 16.3. The van der Waals surface area contributed by atoms with Crippen molar-refractivity contribution < 1.29 is 9.90 Å². The van der Waals surface area contributed by atoms with Gasteiger partial charge in [0, 0.05) is 13.1 Å². The van der Waals surface area contributed by atoms with Crippen LogP contribution in [0, 0.1) is 12.8 Å². The number of rotatable bonds is 6. The monoisotopic (exact) mass is 264 g/mol. The molecule has 4 heteroatoms. The van der Waals surface area contributed by atoms with E-state index in [0.717, 1.165) is 6.42 Å². The maximum absolute atomic E-state index is 12.5. The van der Waals surface area contributed by atoms with Gasteiger partial charge in [0.1, 0.15) is 5.75 Å². The van der Waals surface area contributed by atoms with Crippen LogP contribution in [0.1, 0.15) is 36.2 Å². The van der Waals surface area contributed by atoms with E-state index in [2.05, 4.69) is 13.8 Å². The lowest BCUT2D eigenvalue weighted by molar-refractivity contribution is 0.0732. The van der Waals surface area contributed by atoms with Crippen molar-refractivity contribution in [3.63, 3.8) is 0 Å². The largest absolute Gasteiger partial charge is 0.507 e. The summed E-state index contributed by atoms with van der Waals surface area (Å²) in [5.41, 5.74) is 6.60. The van der Waals surface area contributed by atoms with Gasteiger partial charge in [0.2, 0.25) is 0 Å². The number of para-hydroxylation sites is 1. The Hall–Kier alpha value is -1.55. The highest BCUT2D eigenvalue weighted by Crippen LogP contribution is 2.23. The average molecular weight is 264 g/mol. The van der Waals surface area contributed by atoms with Gasteiger partial charge in [0.05, 0.1) is 5.56 Å². The molecule has 0 aliphatic carbocycles. The first-order chi connectivity index (χ1) is 8.97. The summed E-state index contributed by atoms with van der Waals surface area (Å²) < 4.78 is 0. The first kappa shape index (κ1) is 15.5. The number of carbonyl (C=O) groups excluding carboxylic acids is 1. The van der Waals surface area contributed by atoms with Crippen LogP contribution in [0.25, 0.3) is 0 Å². The quantitative estimate of drug-likeness (QED) is 0.827. The molecular formula is C15H24N2O2. The van der Waals surface area contributed by atoms with Gasteiger partial charge >= 0.3 is 0 Å². The van der Waals surface area contributed by atoms with Gasteiger partial charge in [0.25, 0.3) is 5.91 Å². The molecule has 0 atom stereocenters. The Balaban J connectivity index is 2.94. The Morgan fingerprint density at radius 2 is 2.11 bits per heavy atom. The first-order valence-corrected chi connectivity index (χ1v) is 6.75. The van der Waals surface area contributed by atoms with Crippen molar-refractivity contribution >= 4 is 5.91 Å². The molecule has 0 aliphatic rings. The zero-order valence-corrected chi connectivity index (χ0v) is 12.0. The number of aryl methyl sites for hydroxylation is 1. The second-order valence-corrected chi connectivity index (χ2v) is 5.26. The van der Waals surface area contributed by atoms with E-state index in [-0.39, 0.29) is 11.7 Å². The van der Waals surface area contributed by atoms with Gasteiger partial charge in [-0.2, -0.15) is 0 Å². The van der Waals surface area contributed by atoms with Crippen molar-refractivity contribution in [3.8, 4) is 5.75 Å². The third kappa shape index (κ3) is 4.24. The first-order valence-electron chi connectivity index (χ1n) is 6.75. The highest BCUT2D eigenvalue weighted by Gasteiger charge is 2.20. The van der Waals surface area contributed by atoms with Gasteiger partial charge in [-0.05, 0) is 37.4 Å². The summed E-state index contributed by atoms with van der Waals surface area (Å²) >= 11 is 0. The molecule has 4 nitrogen and oxygen atoms in total. The number of nitrogens with two attached hydrogens (primary N) is 1. The predicted molar refractivity (Wildman–Crippen MR) is 77.3 cm³/mol. The van der Waals surface area contributed by atoms with Gasteiger partial charge in [-0.25, -0.2) is 0 Å². The summed E-state index contributed by atoms with van der Waals surface area (Å²) in [5.74, 6) is 0.339. The Labute approximate surface area is 115 Å². The summed E-state index contributed by atoms with van der Waals surface area (Å²) in [6.45, 7) is 7.78. The molecule has 3 N–H and O–H groups in total. The zero-order valence-electron chi connectivity index (χ0n) is 12.0. The summed E-state index contributed by atoms with van der Waals surface area (Å²) in [6, 6.07) is 5.25. The lowest BCUT2D eigenvalue weighted by Gasteiger charge is -2.25. The highest BCUT2D eigenvalue weighted by molar-refractivity contribution is 5.97. The number of amides is 1. The van der Waals surface area contributed by atoms with Crippen LogP contribution in [0.2, 0.25) is 0 Å². The van der Waals surface area contributed by atoms with E-state index in [0.29, 0.717) is 36.7 Å². The van der Waals surface area contributed by atoms with Crippen LogP contribution in [0.4, 0.5) is 0 Å². The second kappa shape index (κ2) is 7.14.